The van der Waals surface area contributed by atoms with E-state index in [1.54, 1.807) is 12.1 Å². The first kappa shape index (κ1) is 19.7. The Labute approximate surface area is 159 Å². The summed E-state index contributed by atoms with van der Waals surface area (Å²) in [5, 5.41) is 2.62. The topological polar surface area (TPSA) is 71.5 Å². The number of carbonyl (C=O) groups excluding carboxylic acids is 2. The van der Waals surface area contributed by atoms with Crippen LogP contribution in [-0.4, -0.2) is 35.3 Å². The minimum atomic E-state index is -4.71. The van der Waals surface area contributed by atoms with Crippen LogP contribution in [0.25, 0.3) is 0 Å². The molecule has 2 aromatic rings. The van der Waals surface area contributed by atoms with E-state index in [2.05, 4.69) is 15.0 Å². The van der Waals surface area contributed by atoms with Crippen molar-refractivity contribution in [1.29, 1.82) is 0 Å². The molecule has 0 radical (unpaired) electrons. The number of nitrogens with one attached hydrogen (secondary N) is 1. The summed E-state index contributed by atoms with van der Waals surface area (Å²) in [6.07, 6.45) is -6.83. The number of hydrogen-bond acceptors (Lipinski definition) is 4. The molecule has 2 unspecified atom stereocenters. The Morgan fingerprint density at radius 1 is 1.21 bits per heavy atom. The lowest BCUT2D eigenvalue weighted by Gasteiger charge is -2.23. The number of hydrogen-bond donors (Lipinski definition) is 1. The lowest BCUT2D eigenvalue weighted by Crippen LogP contribution is -2.41. The molecule has 0 saturated carbocycles. The number of halogens is 3. The zero-order chi connectivity index (χ0) is 20.6. The van der Waals surface area contributed by atoms with Gasteiger partial charge in [-0.15, -0.1) is 0 Å². The molecule has 28 heavy (non-hydrogen) atoms. The van der Waals surface area contributed by atoms with Crippen molar-refractivity contribution in [3.8, 4) is 0 Å². The predicted molar refractivity (Wildman–Crippen MR) is 96.4 cm³/mol. The van der Waals surface area contributed by atoms with Crippen molar-refractivity contribution in [2.45, 2.75) is 39.1 Å². The van der Waals surface area contributed by atoms with Crippen molar-refractivity contribution in [3.05, 3.63) is 53.2 Å². The molecule has 3 rings (SSSR count). The Hall–Kier alpha value is -3.10. The van der Waals surface area contributed by atoms with Crippen molar-refractivity contribution < 1.29 is 27.5 Å². The maximum absolute atomic E-state index is 13.1. The molecule has 0 aliphatic carbocycles. The molecule has 2 heterocycles. The zero-order valence-corrected chi connectivity index (χ0v) is 15.4. The second kappa shape index (κ2) is 7.14. The van der Waals surface area contributed by atoms with Crippen LogP contribution >= 0.6 is 0 Å². The summed E-state index contributed by atoms with van der Waals surface area (Å²) in [4.78, 5) is 29.5. The number of nitrogens with zero attached hydrogens (tertiary/aromatic N) is 2. The Morgan fingerprint density at radius 3 is 2.43 bits per heavy atom. The summed E-state index contributed by atoms with van der Waals surface area (Å²) in [5.74, 6) is -0.571. The molecule has 9 heteroatoms. The molecule has 1 fully saturated rings. The number of aryl methyl sites for hydroxylation is 2. The van der Waals surface area contributed by atoms with E-state index in [1.165, 1.54) is 25.3 Å². The van der Waals surface area contributed by atoms with Crippen molar-refractivity contribution >= 4 is 23.5 Å². The third kappa shape index (κ3) is 3.78. The summed E-state index contributed by atoms with van der Waals surface area (Å²) in [5.41, 5.74) is 2.28. The molecule has 0 spiro atoms. The van der Waals surface area contributed by atoms with E-state index in [-0.39, 0.29) is 11.5 Å². The molecule has 6 nitrogen and oxygen atoms in total. The first-order chi connectivity index (χ1) is 13.1. The Kier molecular flexibility index (Phi) is 5.01. The standard InChI is InChI=1S/C19H18F3N3O3/c1-10-7-11(2)9-13(8-10)17(26)24-14-5-4-6-23-16(14)25-12(3)15(19(20,21)22)28-18(25)27/h4-9,12,15H,1-3H3,(H,24,26). The number of cyclic esters (lactones) is 1. The maximum atomic E-state index is 13.1. The van der Waals surface area contributed by atoms with Gasteiger partial charge in [-0.3, -0.25) is 9.69 Å². The number of benzene rings is 1. The molecule has 148 valence electrons. The molecule has 2 amide bonds. The Bertz CT molecular complexity index is 910. The SMILES string of the molecule is Cc1cc(C)cc(C(=O)Nc2cccnc2N2C(=O)OC(C(F)(F)F)C2C)c1. The second-order valence-electron chi connectivity index (χ2n) is 6.66. The van der Waals surface area contributed by atoms with Crippen molar-refractivity contribution in [3.63, 3.8) is 0 Å². The first-order valence-corrected chi connectivity index (χ1v) is 8.49. The molecule has 1 aromatic carbocycles. The molecular weight excluding hydrogens is 375 g/mol. The van der Waals surface area contributed by atoms with Crippen LogP contribution in [0.1, 0.15) is 28.4 Å². The second-order valence-corrected chi connectivity index (χ2v) is 6.66. The zero-order valence-electron chi connectivity index (χ0n) is 15.4. The average Bonchev–Trinajstić information content (AvgIpc) is 2.89. The van der Waals surface area contributed by atoms with Crippen LogP contribution in [0.15, 0.2) is 36.5 Å². The van der Waals surface area contributed by atoms with Crippen molar-refractivity contribution in [2.75, 3.05) is 10.2 Å². The van der Waals surface area contributed by atoms with E-state index >= 15 is 0 Å². The average molecular weight is 393 g/mol. The summed E-state index contributed by atoms with van der Waals surface area (Å²) >= 11 is 0. The maximum Gasteiger partial charge on any atom is 0.427 e. The number of alkyl halides is 3. The van der Waals surface area contributed by atoms with Crippen LogP contribution in [0.2, 0.25) is 0 Å². The van der Waals surface area contributed by atoms with Gasteiger partial charge in [0.05, 0.1) is 11.7 Å². The van der Waals surface area contributed by atoms with E-state index in [1.807, 2.05) is 19.9 Å². The van der Waals surface area contributed by atoms with Crippen LogP contribution in [0, 0.1) is 13.8 Å². The molecule has 1 N–H and O–H groups in total. The number of anilines is 2. The van der Waals surface area contributed by atoms with Gasteiger partial charge in [0.2, 0.25) is 6.10 Å². The molecule has 1 aliphatic rings. The van der Waals surface area contributed by atoms with E-state index in [4.69, 9.17) is 0 Å². The summed E-state index contributed by atoms with van der Waals surface area (Å²) in [6.45, 7) is 4.91. The van der Waals surface area contributed by atoms with E-state index in [9.17, 15) is 22.8 Å². The van der Waals surface area contributed by atoms with Gasteiger partial charge in [-0.05, 0) is 45.0 Å². The minimum absolute atomic E-state index is 0.107. The highest BCUT2D eigenvalue weighted by molar-refractivity contribution is 6.07. The van der Waals surface area contributed by atoms with Gasteiger partial charge in [0.1, 0.15) is 0 Å². The molecule has 1 saturated heterocycles. The molecule has 2 atom stereocenters. The highest BCUT2D eigenvalue weighted by Gasteiger charge is 2.55. The van der Waals surface area contributed by atoms with E-state index in [0.29, 0.717) is 5.56 Å². The van der Waals surface area contributed by atoms with Crippen LogP contribution < -0.4 is 10.2 Å². The van der Waals surface area contributed by atoms with Crippen LogP contribution in [0.5, 0.6) is 0 Å². The molecule has 1 aromatic heterocycles. The van der Waals surface area contributed by atoms with Gasteiger partial charge in [-0.2, -0.15) is 13.2 Å². The quantitative estimate of drug-likeness (QED) is 0.847. The van der Waals surface area contributed by atoms with Crippen molar-refractivity contribution in [2.24, 2.45) is 0 Å². The fourth-order valence-corrected chi connectivity index (χ4v) is 3.17. The smallest absolute Gasteiger partial charge is 0.427 e. The Balaban J connectivity index is 1.92. The normalized spacial score (nSPS) is 19.5. The number of ether oxygens (including phenoxy) is 1. The van der Waals surface area contributed by atoms with Crippen molar-refractivity contribution in [1.82, 2.24) is 4.98 Å². The van der Waals surface area contributed by atoms with Gasteiger partial charge < -0.3 is 10.1 Å². The van der Waals surface area contributed by atoms with Gasteiger partial charge in [-0.1, -0.05) is 17.2 Å². The van der Waals surface area contributed by atoms with E-state index in [0.717, 1.165) is 16.0 Å². The number of carbonyl (C=O) groups is 2. The largest absolute Gasteiger partial charge is 0.434 e. The summed E-state index contributed by atoms with van der Waals surface area (Å²) < 4.78 is 43.8. The third-order valence-corrected chi connectivity index (χ3v) is 4.34. The van der Waals surface area contributed by atoms with Gasteiger partial charge >= 0.3 is 12.3 Å². The minimum Gasteiger partial charge on any atom is -0.434 e. The number of aromatic nitrogens is 1. The van der Waals surface area contributed by atoms with Gasteiger partial charge in [-0.25, -0.2) is 9.78 Å². The fourth-order valence-electron chi connectivity index (χ4n) is 3.17. The summed E-state index contributed by atoms with van der Waals surface area (Å²) in [7, 11) is 0. The highest BCUT2D eigenvalue weighted by atomic mass is 19.4. The third-order valence-electron chi connectivity index (χ3n) is 4.34. The van der Waals surface area contributed by atoms with Crippen LogP contribution in [0.3, 0.4) is 0 Å². The number of amides is 2. The molecule has 0 bridgehead atoms. The highest BCUT2D eigenvalue weighted by Crippen LogP contribution is 2.37. The lowest BCUT2D eigenvalue weighted by atomic mass is 10.1. The van der Waals surface area contributed by atoms with Gasteiger partial charge in [0.25, 0.3) is 5.91 Å². The molecule has 1 aliphatic heterocycles. The monoisotopic (exact) mass is 393 g/mol. The van der Waals surface area contributed by atoms with E-state index < -0.39 is 30.3 Å². The lowest BCUT2D eigenvalue weighted by molar-refractivity contribution is -0.198. The Morgan fingerprint density at radius 2 is 1.86 bits per heavy atom. The van der Waals surface area contributed by atoms with Gasteiger partial charge in [0.15, 0.2) is 5.82 Å². The van der Waals surface area contributed by atoms with Gasteiger partial charge in [0, 0.05) is 11.8 Å². The molecular formula is C19H18F3N3O3. The predicted octanol–water partition coefficient (Wildman–Crippen LogP) is 4.23. The number of rotatable bonds is 3. The first-order valence-electron chi connectivity index (χ1n) is 8.49. The van der Waals surface area contributed by atoms with Crippen LogP contribution in [0.4, 0.5) is 29.5 Å². The summed E-state index contributed by atoms with van der Waals surface area (Å²) in [6, 6.07) is 6.91. The number of pyridine rings is 1. The fraction of sp³-hybridized carbons (Fsp3) is 0.316. The van der Waals surface area contributed by atoms with Crippen LogP contribution in [-0.2, 0) is 4.74 Å².